The molecular formula is C22H26FN3O3. The molecule has 2 aliphatic rings. The molecular weight excluding hydrogens is 373 g/mol. The Morgan fingerprint density at radius 2 is 2.10 bits per heavy atom. The predicted octanol–water partition coefficient (Wildman–Crippen LogP) is 2.70. The van der Waals surface area contributed by atoms with Crippen LogP contribution in [0.2, 0.25) is 0 Å². The number of pyridine rings is 1. The Hall–Kier alpha value is -2.67. The molecule has 1 saturated carbocycles. The first-order chi connectivity index (χ1) is 13.8. The Bertz CT molecular complexity index is 927. The van der Waals surface area contributed by atoms with Crippen LogP contribution in [0.15, 0.2) is 36.5 Å². The number of nitrogens with zero attached hydrogens (tertiary/aromatic N) is 2. The van der Waals surface area contributed by atoms with Gasteiger partial charge in [0, 0.05) is 30.5 Å². The van der Waals surface area contributed by atoms with E-state index in [2.05, 4.69) is 15.2 Å². The van der Waals surface area contributed by atoms with Crippen molar-refractivity contribution in [2.75, 3.05) is 25.1 Å². The van der Waals surface area contributed by atoms with Crippen molar-refractivity contribution in [1.82, 2.24) is 10.3 Å². The van der Waals surface area contributed by atoms with Crippen molar-refractivity contribution >= 4 is 11.6 Å². The van der Waals surface area contributed by atoms with Gasteiger partial charge in [-0.2, -0.15) is 0 Å². The van der Waals surface area contributed by atoms with Crippen LogP contribution >= 0.6 is 0 Å². The molecule has 154 valence electrons. The molecule has 0 spiro atoms. The number of β-amino-alcohol motifs (C(OH)–C–C–N with tert-alkyl or cyclic N) is 1. The number of amides is 1. The van der Waals surface area contributed by atoms with E-state index in [1.165, 1.54) is 12.1 Å². The average Bonchev–Trinajstić information content (AvgIpc) is 3.33. The number of benzene rings is 1. The molecule has 1 saturated heterocycles. The first kappa shape index (κ1) is 19.6. The normalized spacial score (nSPS) is 22.4. The van der Waals surface area contributed by atoms with Crippen LogP contribution in [0.4, 0.5) is 10.1 Å². The largest absolute Gasteiger partial charge is 0.496 e. The zero-order chi connectivity index (χ0) is 20.6. The standard InChI is InChI=1S/C22H26FN3O3/c1-21(28)8-10-26(14-21)17-5-9-24-18(12-17)20(27)25-22(6-7-22)13-15-11-16(23)3-4-19(15)29-2/h3-5,9,11-12,28H,6-8,10,13-14H2,1-2H3,(H,25,27)/t21-/m1/s1. The molecule has 0 unspecified atom stereocenters. The first-order valence-electron chi connectivity index (χ1n) is 9.88. The second kappa shape index (κ2) is 7.30. The monoisotopic (exact) mass is 399 g/mol. The fourth-order valence-electron chi connectivity index (χ4n) is 3.96. The van der Waals surface area contributed by atoms with Crippen LogP contribution in [0.5, 0.6) is 5.75 Å². The third kappa shape index (κ3) is 4.34. The molecule has 1 aliphatic carbocycles. The highest BCUT2D eigenvalue weighted by molar-refractivity contribution is 5.94. The molecule has 2 N–H and O–H groups in total. The molecule has 1 atom stereocenters. The highest BCUT2D eigenvalue weighted by Crippen LogP contribution is 2.41. The maximum Gasteiger partial charge on any atom is 0.270 e. The third-order valence-corrected chi connectivity index (χ3v) is 5.80. The lowest BCUT2D eigenvalue weighted by Crippen LogP contribution is -2.39. The van der Waals surface area contributed by atoms with Gasteiger partial charge in [-0.3, -0.25) is 9.78 Å². The van der Waals surface area contributed by atoms with Gasteiger partial charge in [0.25, 0.3) is 5.91 Å². The van der Waals surface area contributed by atoms with E-state index >= 15 is 0 Å². The number of ether oxygens (including phenoxy) is 1. The maximum atomic E-state index is 13.7. The summed E-state index contributed by atoms with van der Waals surface area (Å²) in [5.74, 6) is 0.0533. The van der Waals surface area contributed by atoms with E-state index in [1.807, 2.05) is 13.0 Å². The predicted molar refractivity (Wildman–Crippen MR) is 108 cm³/mol. The summed E-state index contributed by atoms with van der Waals surface area (Å²) in [5.41, 5.74) is 0.846. The number of carbonyl (C=O) groups is 1. The molecule has 2 heterocycles. The van der Waals surface area contributed by atoms with Crippen molar-refractivity contribution < 1.29 is 19.0 Å². The second-order valence-corrected chi connectivity index (χ2v) is 8.44. The quantitative estimate of drug-likeness (QED) is 0.781. The Balaban J connectivity index is 1.47. The smallest absolute Gasteiger partial charge is 0.270 e. The summed E-state index contributed by atoms with van der Waals surface area (Å²) in [6, 6.07) is 8.05. The highest BCUT2D eigenvalue weighted by atomic mass is 19.1. The van der Waals surface area contributed by atoms with E-state index in [-0.39, 0.29) is 11.7 Å². The summed E-state index contributed by atoms with van der Waals surface area (Å²) in [6.45, 7) is 3.09. The zero-order valence-corrected chi connectivity index (χ0v) is 16.7. The van der Waals surface area contributed by atoms with Crippen molar-refractivity contribution in [3.63, 3.8) is 0 Å². The number of methoxy groups -OCH3 is 1. The Labute approximate surface area is 169 Å². The van der Waals surface area contributed by atoms with Gasteiger partial charge in [-0.05, 0) is 68.5 Å². The topological polar surface area (TPSA) is 74.7 Å². The number of aromatic nitrogens is 1. The van der Waals surface area contributed by atoms with Crippen LogP contribution in [-0.4, -0.2) is 47.3 Å². The number of rotatable bonds is 6. The number of nitrogens with one attached hydrogen (secondary N) is 1. The average molecular weight is 399 g/mol. The first-order valence-corrected chi connectivity index (χ1v) is 9.88. The van der Waals surface area contributed by atoms with Gasteiger partial charge < -0.3 is 20.1 Å². The van der Waals surface area contributed by atoms with Gasteiger partial charge in [0.15, 0.2) is 0 Å². The van der Waals surface area contributed by atoms with Gasteiger partial charge in [-0.25, -0.2) is 4.39 Å². The summed E-state index contributed by atoms with van der Waals surface area (Å²) in [7, 11) is 1.56. The second-order valence-electron chi connectivity index (χ2n) is 8.44. The molecule has 7 heteroatoms. The van der Waals surface area contributed by atoms with E-state index in [0.717, 1.165) is 30.6 Å². The summed E-state index contributed by atoms with van der Waals surface area (Å²) < 4.78 is 19.0. The molecule has 1 aromatic heterocycles. The summed E-state index contributed by atoms with van der Waals surface area (Å²) in [4.78, 5) is 19.1. The van der Waals surface area contributed by atoms with Gasteiger partial charge in [-0.15, -0.1) is 0 Å². The molecule has 2 fully saturated rings. The fourth-order valence-corrected chi connectivity index (χ4v) is 3.96. The molecule has 6 nitrogen and oxygen atoms in total. The van der Waals surface area contributed by atoms with Crippen molar-refractivity contribution in [3.05, 3.63) is 53.6 Å². The highest BCUT2D eigenvalue weighted by Gasteiger charge is 2.45. The number of halogens is 1. The molecule has 4 rings (SSSR count). The van der Waals surface area contributed by atoms with Gasteiger partial charge in [0.1, 0.15) is 17.3 Å². The van der Waals surface area contributed by atoms with Crippen LogP contribution in [0.25, 0.3) is 0 Å². The van der Waals surface area contributed by atoms with Crippen LogP contribution in [0, 0.1) is 5.82 Å². The molecule has 0 bridgehead atoms. The lowest BCUT2D eigenvalue weighted by Gasteiger charge is -2.22. The molecule has 1 aliphatic heterocycles. The molecule has 0 radical (unpaired) electrons. The number of hydrogen-bond acceptors (Lipinski definition) is 5. The molecule has 1 aromatic carbocycles. The van der Waals surface area contributed by atoms with E-state index in [1.54, 1.807) is 25.4 Å². The maximum absolute atomic E-state index is 13.7. The number of aliphatic hydroxyl groups is 1. The van der Waals surface area contributed by atoms with E-state index in [0.29, 0.717) is 30.8 Å². The van der Waals surface area contributed by atoms with Crippen LogP contribution in [0.3, 0.4) is 0 Å². The molecule has 29 heavy (non-hydrogen) atoms. The zero-order valence-electron chi connectivity index (χ0n) is 16.7. The number of hydrogen-bond donors (Lipinski definition) is 2. The summed E-state index contributed by atoms with van der Waals surface area (Å²) >= 11 is 0. The van der Waals surface area contributed by atoms with E-state index in [4.69, 9.17) is 4.74 Å². The van der Waals surface area contributed by atoms with Crippen molar-refractivity contribution in [3.8, 4) is 5.75 Å². The minimum absolute atomic E-state index is 0.245. The van der Waals surface area contributed by atoms with E-state index in [9.17, 15) is 14.3 Å². The Morgan fingerprint density at radius 3 is 2.76 bits per heavy atom. The minimum Gasteiger partial charge on any atom is -0.496 e. The Morgan fingerprint density at radius 1 is 1.31 bits per heavy atom. The van der Waals surface area contributed by atoms with Gasteiger partial charge in [0.2, 0.25) is 0 Å². The lowest BCUT2D eigenvalue weighted by molar-refractivity contribution is 0.0839. The Kier molecular flexibility index (Phi) is 4.94. The molecule has 1 amide bonds. The van der Waals surface area contributed by atoms with Crippen molar-refractivity contribution in [2.45, 2.75) is 43.7 Å². The number of carbonyl (C=O) groups excluding carboxylic acids is 1. The van der Waals surface area contributed by atoms with Gasteiger partial charge in [-0.1, -0.05) is 0 Å². The molecule has 2 aromatic rings. The summed E-state index contributed by atoms with van der Waals surface area (Å²) in [6.07, 6.45) is 4.47. The lowest BCUT2D eigenvalue weighted by atomic mass is 10.0. The van der Waals surface area contributed by atoms with Crippen LogP contribution in [0.1, 0.15) is 42.2 Å². The van der Waals surface area contributed by atoms with Crippen LogP contribution < -0.4 is 15.0 Å². The van der Waals surface area contributed by atoms with Gasteiger partial charge >= 0.3 is 0 Å². The fraction of sp³-hybridized carbons (Fsp3) is 0.455. The minimum atomic E-state index is -0.715. The summed E-state index contributed by atoms with van der Waals surface area (Å²) in [5, 5.41) is 13.3. The number of anilines is 1. The third-order valence-electron chi connectivity index (χ3n) is 5.80. The SMILES string of the molecule is COc1ccc(F)cc1CC1(NC(=O)c2cc(N3CC[C@@](C)(O)C3)ccn2)CC1. The van der Waals surface area contributed by atoms with E-state index < -0.39 is 11.1 Å². The van der Waals surface area contributed by atoms with Gasteiger partial charge in [0.05, 0.1) is 12.7 Å². The van der Waals surface area contributed by atoms with Crippen molar-refractivity contribution in [1.29, 1.82) is 0 Å². The van der Waals surface area contributed by atoms with Crippen molar-refractivity contribution in [2.24, 2.45) is 0 Å². The van der Waals surface area contributed by atoms with Crippen LogP contribution in [-0.2, 0) is 6.42 Å².